The maximum atomic E-state index is 12.3. The van der Waals surface area contributed by atoms with Gasteiger partial charge >= 0.3 is 0 Å². The van der Waals surface area contributed by atoms with Crippen LogP contribution in [0.2, 0.25) is 0 Å². The molecule has 27 heavy (non-hydrogen) atoms. The fourth-order valence-corrected chi connectivity index (χ4v) is 3.67. The van der Waals surface area contributed by atoms with Crippen molar-refractivity contribution in [3.63, 3.8) is 0 Å². The lowest BCUT2D eigenvalue weighted by molar-refractivity contribution is 0.0954. The van der Waals surface area contributed by atoms with Crippen molar-refractivity contribution < 1.29 is 13.2 Å². The van der Waals surface area contributed by atoms with E-state index >= 15 is 0 Å². The summed E-state index contributed by atoms with van der Waals surface area (Å²) in [5, 5.41) is 2.74. The van der Waals surface area contributed by atoms with Gasteiger partial charge in [-0.15, -0.1) is 0 Å². The van der Waals surface area contributed by atoms with E-state index in [0.717, 1.165) is 16.7 Å². The van der Waals surface area contributed by atoms with Crippen molar-refractivity contribution in [2.75, 3.05) is 13.1 Å². The Labute approximate surface area is 162 Å². The van der Waals surface area contributed by atoms with E-state index in [9.17, 15) is 13.2 Å². The molecule has 0 aliphatic carbocycles. The van der Waals surface area contributed by atoms with Gasteiger partial charge in [0.1, 0.15) is 0 Å². The highest BCUT2D eigenvalue weighted by Gasteiger charge is 2.15. The number of hydrogen-bond donors (Lipinski definition) is 2. The molecular weight excluding hydrogens is 360 g/mol. The monoisotopic (exact) mass is 388 g/mol. The van der Waals surface area contributed by atoms with Crippen LogP contribution in [0.15, 0.2) is 47.4 Å². The van der Waals surface area contributed by atoms with Crippen LogP contribution in [-0.2, 0) is 15.4 Å². The number of nitrogens with one attached hydrogen (secondary N) is 2. The number of rotatable bonds is 6. The Hall–Kier alpha value is -2.18. The molecule has 1 amide bonds. The maximum Gasteiger partial charge on any atom is 0.251 e. The summed E-state index contributed by atoms with van der Waals surface area (Å²) in [5.74, 6) is -0.221. The van der Waals surface area contributed by atoms with Gasteiger partial charge in [-0.2, -0.15) is 0 Å². The molecular formula is C21H28N2O3S. The molecule has 0 aliphatic rings. The highest BCUT2D eigenvalue weighted by atomic mass is 32.2. The second-order valence-electron chi connectivity index (χ2n) is 7.73. The average Bonchev–Trinajstić information content (AvgIpc) is 2.60. The Bertz CT molecular complexity index is 911. The zero-order valence-corrected chi connectivity index (χ0v) is 17.4. The number of sulfonamides is 1. The van der Waals surface area contributed by atoms with E-state index < -0.39 is 10.0 Å². The first kappa shape index (κ1) is 21.1. The van der Waals surface area contributed by atoms with E-state index in [-0.39, 0.29) is 29.3 Å². The summed E-state index contributed by atoms with van der Waals surface area (Å²) in [6.45, 7) is 10.5. The minimum atomic E-state index is -3.59. The largest absolute Gasteiger partial charge is 0.351 e. The molecule has 0 heterocycles. The minimum Gasteiger partial charge on any atom is -0.351 e. The summed E-state index contributed by atoms with van der Waals surface area (Å²) < 4.78 is 27.2. The van der Waals surface area contributed by atoms with Gasteiger partial charge in [-0.05, 0) is 60.2 Å². The van der Waals surface area contributed by atoms with Crippen molar-refractivity contribution in [3.8, 4) is 0 Å². The lowest BCUT2D eigenvalue weighted by Crippen LogP contribution is -2.34. The summed E-state index contributed by atoms with van der Waals surface area (Å²) >= 11 is 0. The predicted molar refractivity (Wildman–Crippen MR) is 109 cm³/mol. The number of aryl methyl sites for hydroxylation is 2. The highest BCUT2D eigenvalue weighted by molar-refractivity contribution is 7.89. The molecule has 5 nitrogen and oxygen atoms in total. The van der Waals surface area contributed by atoms with Crippen molar-refractivity contribution in [1.29, 1.82) is 0 Å². The fraction of sp³-hybridized carbons (Fsp3) is 0.381. The molecule has 0 fully saturated rings. The highest BCUT2D eigenvalue weighted by Crippen LogP contribution is 2.22. The van der Waals surface area contributed by atoms with Crippen LogP contribution in [0.3, 0.4) is 0 Å². The third-order valence-electron chi connectivity index (χ3n) is 4.50. The van der Waals surface area contributed by atoms with Gasteiger partial charge in [-0.3, -0.25) is 4.79 Å². The molecule has 0 aliphatic heterocycles. The van der Waals surface area contributed by atoms with E-state index in [1.807, 2.05) is 26.0 Å². The Morgan fingerprint density at radius 2 is 1.56 bits per heavy atom. The van der Waals surface area contributed by atoms with Gasteiger partial charge in [0.15, 0.2) is 0 Å². The van der Waals surface area contributed by atoms with Crippen LogP contribution in [0.5, 0.6) is 0 Å². The summed E-state index contributed by atoms with van der Waals surface area (Å²) in [7, 11) is -3.59. The SMILES string of the molecule is Cc1ccc(S(=O)(=O)NCCNC(=O)c2ccc(C(C)(C)C)cc2)cc1C. The van der Waals surface area contributed by atoms with Crippen molar-refractivity contribution in [3.05, 3.63) is 64.7 Å². The lowest BCUT2D eigenvalue weighted by atomic mass is 9.87. The van der Waals surface area contributed by atoms with Gasteiger partial charge < -0.3 is 5.32 Å². The average molecular weight is 389 g/mol. The van der Waals surface area contributed by atoms with Crippen molar-refractivity contribution in [1.82, 2.24) is 10.0 Å². The van der Waals surface area contributed by atoms with Gasteiger partial charge in [0.2, 0.25) is 10.0 Å². The van der Waals surface area contributed by atoms with E-state index in [1.54, 1.807) is 30.3 Å². The topological polar surface area (TPSA) is 75.3 Å². The van der Waals surface area contributed by atoms with Crippen LogP contribution in [0, 0.1) is 13.8 Å². The molecule has 146 valence electrons. The van der Waals surface area contributed by atoms with Crippen LogP contribution < -0.4 is 10.0 Å². The zero-order valence-electron chi connectivity index (χ0n) is 16.6. The molecule has 2 aromatic rings. The Morgan fingerprint density at radius 3 is 2.11 bits per heavy atom. The molecule has 0 saturated heterocycles. The molecule has 0 bridgehead atoms. The van der Waals surface area contributed by atoms with E-state index in [2.05, 4.69) is 30.8 Å². The molecule has 2 rings (SSSR count). The Balaban J connectivity index is 1.88. The molecule has 0 saturated carbocycles. The molecule has 0 radical (unpaired) electrons. The van der Waals surface area contributed by atoms with Gasteiger partial charge in [0.25, 0.3) is 5.91 Å². The van der Waals surface area contributed by atoms with Crippen LogP contribution in [-0.4, -0.2) is 27.4 Å². The summed E-state index contributed by atoms with van der Waals surface area (Å²) in [6.07, 6.45) is 0. The first-order chi connectivity index (χ1) is 12.5. The van der Waals surface area contributed by atoms with Crippen LogP contribution >= 0.6 is 0 Å². The second-order valence-corrected chi connectivity index (χ2v) is 9.49. The zero-order chi connectivity index (χ0) is 20.2. The molecule has 0 atom stereocenters. The van der Waals surface area contributed by atoms with Crippen molar-refractivity contribution in [2.24, 2.45) is 0 Å². The molecule has 0 spiro atoms. The molecule has 2 aromatic carbocycles. The molecule has 2 N–H and O–H groups in total. The number of benzene rings is 2. The quantitative estimate of drug-likeness (QED) is 0.746. The number of carbonyl (C=O) groups is 1. The Morgan fingerprint density at radius 1 is 0.926 bits per heavy atom. The first-order valence-corrected chi connectivity index (χ1v) is 10.4. The van der Waals surface area contributed by atoms with Crippen molar-refractivity contribution >= 4 is 15.9 Å². The van der Waals surface area contributed by atoms with Gasteiger partial charge in [0, 0.05) is 18.7 Å². The first-order valence-electron chi connectivity index (χ1n) is 8.96. The lowest BCUT2D eigenvalue weighted by Gasteiger charge is -2.19. The predicted octanol–water partition coefficient (Wildman–Crippen LogP) is 3.31. The van der Waals surface area contributed by atoms with E-state index in [1.165, 1.54) is 0 Å². The third kappa shape index (κ3) is 5.65. The van der Waals surface area contributed by atoms with Gasteiger partial charge in [0.05, 0.1) is 4.90 Å². The summed E-state index contributed by atoms with van der Waals surface area (Å²) in [5.41, 5.74) is 3.70. The standard InChI is InChI=1S/C21H28N2O3S/c1-15-6-11-19(14-16(15)2)27(25,26)23-13-12-22-20(24)17-7-9-18(10-8-17)21(3,4)5/h6-11,14,23H,12-13H2,1-5H3,(H,22,24). The van der Waals surface area contributed by atoms with Crippen LogP contribution in [0.1, 0.15) is 47.8 Å². The minimum absolute atomic E-state index is 0.0294. The maximum absolute atomic E-state index is 12.3. The second kappa shape index (κ2) is 8.23. The van der Waals surface area contributed by atoms with Crippen LogP contribution in [0.4, 0.5) is 0 Å². The van der Waals surface area contributed by atoms with Gasteiger partial charge in [-0.1, -0.05) is 39.0 Å². The van der Waals surface area contributed by atoms with Gasteiger partial charge in [-0.25, -0.2) is 13.1 Å². The smallest absolute Gasteiger partial charge is 0.251 e. The molecule has 0 aromatic heterocycles. The van der Waals surface area contributed by atoms with E-state index in [4.69, 9.17) is 0 Å². The molecule has 0 unspecified atom stereocenters. The van der Waals surface area contributed by atoms with Crippen LogP contribution in [0.25, 0.3) is 0 Å². The Kier molecular flexibility index (Phi) is 6.44. The number of hydrogen-bond acceptors (Lipinski definition) is 3. The molecule has 6 heteroatoms. The van der Waals surface area contributed by atoms with Crippen molar-refractivity contribution in [2.45, 2.75) is 44.9 Å². The normalized spacial score (nSPS) is 12.0. The van der Waals surface area contributed by atoms with E-state index in [0.29, 0.717) is 5.56 Å². The number of amides is 1. The summed E-state index contributed by atoms with van der Waals surface area (Å²) in [6, 6.07) is 12.5. The number of carbonyl (C=O) groups excluding carboxylic acids is 1. The fourth-order valence-electron chi connectivity index (χ4n) is 2.55. The summed E-state index contributed by atoms with van der Waals surface area (Å²) in [4.78, 5) is 12.4. The third-order valence-corrected chi connectivity index (χ3v) is 5.96.